The van der Waals surface area contributed by atoms with Crippen molar-refractivity contribution in [2.24, 2.45) is 4.99 Å². The summed E-state index contributed by atoms with van der Waals surface area (Å²) in [6.45, 7) is 5.62. The summed E-state index contributed by atoms with van der Waals surface area (Å²) >= 11 is 0. The molecule has 5 heteroatoms. The molecule has 0 radical (unpaired) electrons. The molecular formula is C17H29N3O2. The highest BCUT2D eigenvalue weighted by Gasteiger charge is 2.14. The van der Waals surface area contributed by atoms with E-state index in [1.54, 1.807) is 6.26 Å². The molecule has 124 valence electrons. The first kappa shape index (κ1) is 16.9. The minimum absolute atomic E-state index is 0.291. The van der Waals surface area contributed by atoms with Crippen LogP contribution in [0.5, 0.6) is 0 Å². The molecule has 1 aliphatic rings. The molecule has 22 heavy (non-hydrogen) atoms. The summed E-state index contributed by atoms with van der Waals surface area (Å²) < 4.78 is 11.0. The lowest BCUT2D eigenvalue weighted by Crippen LogP contribution is -2.39. The second kappa shape index (κ2) is 10.3. The Morgan fingerprint density at radius 2 is 2.23 bits per heavy atom. The molecule has 0 bridgehead atoms. The first-order chi connectivity index (χ1) is 10.9. The highest BCUT2D eigenvalue weighted by Crippen LogP contribution is 2.11. The van der Waals surface area contributed by atoms with Gasteiger partial charge in [0.1, 0.15) is 5.76 Å². The predicted molar refractivity (Wildman–Crippen MR) is 89.2 cm³/mol. The van der Waals surface area contributed by atoms with Gasteiger partial charge in [0.15, 0.2) is 5.96 Å². The Kier molecular flexibility index (Phi) is 7.88. The van der Waals surface area contributed by atoms with Crippen molar-refractivity contribution >= 4 is 5.96 Å². The third kappa shape index (κ3) is 6.52. The SMILES string of the molecule is CCCCCNC(=NCC1CCCO1)NCCc1ccco1. The zero-order chi connectivity index (χ0) is 15.5. The number of nitrogens with one attached hydrogen (secondary N) is 2. The van der Waals surface area contributed by atoms with Crippen molar-refractivity contribution in [3.63, 3.8) is 0 Å². The molecule has 1 atom stereocenters. The molecule has 5 nitrogen and oxygen atoms in total. The number of furan rings is 1. The van der Waals surface area contributed by atoms with Crippen molar-refractivity contribution in [3.8, 4) is 0 Å². The van der Waals surface area contributed by atoms with Gasteiger partial charge in [-0.1, -0.05) is 19.8 Å². The Balaban J connectivity index is 1.73. The maximum absolute atomic E-state index is 5.63. The lowest BCUT2D eigenvalue weighted by atomic mass is 10.2. The lowest BCUT2D eigenvalue weighted by Gasteiger charge is -2.13. The number of aliphatic imine (C=N–C) groups is 1. The summed E-state index contributed by atoms with van der Waals surface area (Å²) in [7, 11) is 0. The van der Waals surface area contributed by atoms with Crippen LogP contribution in [0, 0.1) is 0 Å². The number of guanidine groups is 1. The van der Waals surface area contributed by atoms with E-state index in [1.165, 1.54) is 19.3 Å². The minimum Gasteiger partial charge on any atom is -0.469 e. The zero-order valence-corrected chi connectivity index (χ0v) is 13.6. The van der Waals surface area contributed by atoms with Crippen LogP contribution in [0.1, 0.15) is 44.8 Å². The van der Waals surface area contributed by atoms with Crippen LogP contribution < -0.4 is 10.6 Å². The highest BCUT2D eigenvalue weighted by molar-refractivity contribution is 5.79. The third-order valence-corrected chi connectivity index (χ3v) is 3.79. The van der Waals surface area contributed by atoms with Gasteiger partial charge in [-0.3, -0.25) is 4.99 Å². The first-order valence-corrected chi connectivity index (χ1v) is 8.54. The number of ether oxygens (including phenoxy) is 1. The largest absolute Gasteiger partial charge is 0.469 e. The molecule has 0 aromatic carbocycles. The Bertz CT molecular complexity index is 412. The highest BCUT2D eigenvalue weighted by atomic mass is 16.5. The predicted octanol–water partition coefficient (Wildman–Crippen LogP) is 2.73. The van der Waals surface area contributed by atoms with E-state index in [4.69, 9.17) is 9.15 Å². The van der Waals surface area contributed by atoms with Crippen LogP contribution >= 0.6 is 0 Å². The van der Waals surface area contributed by atoms with Crippen molar-refractivity contribution in [2.75, 3.05) is 26.2 Å². The standard InChI is InChI=1S/C17H29N3O2/c1-2-3-4-10-18-17(20-14-16-8-6-13-22-16)19-11-9-15-7-5-12-21-15/h5,7,12,16H,2-4,6,8-11,13-14H2,1H3,(H2,18,19,20). The van der Waals surface area contributed by atoms with Crippen molar-refractivity contribution in [1.29, 1.82) is 0 Å². The molecule has 2 rings (SSSR count). The lowest BCUT2D eigenvalue weighted by molar-refractivity contribution is 0.117. The molecule has 0 aliphatic carbocycles. The van der Waals surface area contributed by atoms with Crippen LogP contribution in [-0.2, 0) is 11.2 Å². The van der Waals surface area contributed by atoms with Gasteiger partial charge in [-0.2, -0.15) is 0 Å². The normalized spacial score (nSPS) is 18.6. The molecule has 0 spiro atoms. The van der Waals surface area contributed by atoms with E-state index in [-0.39, 0.29) is 0 Å². The molecule has 1 fully saturated rings. The Morgan fingerprint density at radius 1 is 1.32 bits per heavy atom. The molecule has 0 amide bonds. The summed E-state index contributed by atoms with van der Waals surface area (Å²) in [6.07, 6.45) is 8.81. The van der Waals surface area contributed by atoms with Crippen LogP contribution in [0.25, 0.3) is 0 Å². The van der Waals surface area contributed by atoms with E-state index in [2.05, 4.69) is 22.5 Å². The Labute approximate surface area is 133 Å². The fraction of sp³-hybridized carbons (Fsp3) is 0.706. The van der Waals surface area contributed by atoms with E-state index in [9.17, 15) is 0 Å². The summed E-state index contributed by atoms with van der Waals surface area (Å²) in [4.78, 5) is 4.66. The second-order valence-corrected chi connectivity index (χ2v) is 5.71. The monoisotopic (exact) mass is 307 g/mol. The molecule has 1 saturated heterocycles. The van der Waals surface area contributed by atoms with Crippen LogP contribution in [-0.4, -0.2) is 38.3 Å². The van der Waals surface area contributed by atoms with E-state index >= 15 is 0 Å². The quantitative estimate of drug-likeness (QED) is 0.418. The van der Waals surface area contributed by atoms with Gasteiger partial charge in [0.25, 0.3) is 0 Å². The van der Waals surface area contributed by atoms with Gasteiger partial charge in [0, 0.05) is 26.1 Å². The van der Waals surface area contributed by atoms with Gasteiger partial charge in [-0.25, -0.2) is 0 Å². The number of rotatable bonds is 9. The fourth-order valence-corrected chi connectivity index (χ4v) is 2.50. The van der Waals surface area contributed by atoms with Gasteiger partial charge in [0.2, 0.25) is 0 Å². The summed E-state index contributed by atoms with van der Waals surface area (Å²) in [5.41, 5.74) is 0. The van der Waals surface area contributed by atoms with Crippen LogP contribution in [0.3, 0.4) is 0 Å². The first-order valence-electron chi connectivity index (χ1n) is 8.54. The summed E-state index contributed by atoms with van der Waals surface area (Å²) in [5.74, 6) is 1.88. The molecule has 0 saturated carbocycles. The Morgan fingerprint density at radius 3 is 2.95 bits per heavy atom. The van der Waals surface area contributed by atoms with Crippen molar-refractivity contribution in [2.45, 2.75) is 51.6 Å². The van der Waals surface area contributed by atoms with Crippen molar-refractivity contribution in [3.05, 3.63) is 24.2 Å². The molecule has 2 heterocycles. The van der Waals surface area contributed by atoms with E-state index in [1.807, 2.05) is 12.1 Å². The number of hydrogen-bond donors (Lipinski definition) is 2. The molecule has 1 aromatic rings. The van der Waals surface area contributed by atoms with Gasteiger partial charge in [-0.05, 0) is 31.4 Å². The molecule has 1 aliphatic heterocycles. The second-order valence-electron chi connectivity index (χ2n) is 5.71. The number of nitrogens with zero attached hydrogens (tertiary/aromatic N) is 1. The van der Waals surface area contributed by atoms with Crippen molar-refractivity contribution < 1.29 is 9.15 Å². The topological polar surface area (TPSA) is 58.8 Å². The fourth-order valence-electron chi connectivity index (χ4n) is 2.50. The van der Waals surface area contributed by atoms with Crippen LogP contribution in [0.2, 0.25) is 0 Å². The average Bonchev–Trinajstić information content (AvgIpc) is 3.21. The molecule has 1 unspecified atom stereocenters. The molecule has 1 aromatic heterocycles. The third-order valence-electron chi connectivity index (χ3n) is 3.79. The average molecular weight is 307 g/mol. The summed E-state index contributed by atoms with van der Waals surface area (Å²) in [6, 6.07) is 3.92. The van der Waals surface area contributed by atoms with E-state index < -0.39 is 0 Å². The maximum atomic E-state index is 5.63. The van der Waals surface area contributed by atoms with Gasteiger partial charge < -0.3 is 19.8 Å². The van der Waals surface area contributed by atoms with E-state index in [0.29, 0.717) is 6.10 Å². The Hall–Kier alpha value is -1.49. The van der Waals surface area contributed by atoms with Crippen molar-refractivity contribution in [1.82, 2.24) is 10.6 Å². The minimum atomic E-state index is 0.291. The smallest absolute Gasteiger partial charge is 0.191 e. The number of hydrogen-bond acceptors (Lipinski definition) is 3. The van der Waals surface area contributed by atoms with Crippen LogP contribution in [0.4, 0.5) is 0 Å². The van der Waals surface area contributed by atoms with Crippen LogP contribution in [0.15, 0.2) is 27.8 Å². The van der Waals surface area contributed by atoms with Gasteiger partial charge >= 0.3 is 0 Å². The van der Waals surface area contributed by atoms with Gasteiger partial charge in [0.05, 0.1) is 18.9 Å². The maximum Gasteiger partial charge on any atom is 0.191 e. The zero-order valence-electron chi connectivity index (χ0n) is 13.6. The number of unbranched alkanes of at least 4 members (excludes halogenated alkanes) is 2. The molecule has 2 N–H and O–H groups in total. The molecular weight excluding hydrogens is 278 g/mol. The van der Waals surface area contributed by atoms with E-state index in [0.717, 1.165) is 57.2 Å². The summed E-state index contributed by atoms with van der Waals surface area (Å²) in [5, 5.41) is 6.79. The van der Waals surface area contributed by atoms with Gasteiger partial charge in [-0.15, -0.1) is 0 Å².